The number of likely N-dealkylation sites (N-methyl/N-ethyl adjacent to an activating group) is 1. The van der Waals surface area contributed by atoms with Crippen molar-refractivity contribution in [3.8, 4) is 80.6 Å². The highest BCUT2D eigenvalue weighted by molar-refractivity contribution is 6.00. The van der Waals surface area contributed by atoms with Gasteiger partial charge >= 0.3 is 0 Å². The maximum atomic E-state index is 12.6. The van der Waals surface area contributed by atoms with Crippen LogP contribution in [-0.4, -0.2) is 170 Å². The predicted molar refractivity (Wildman–Crippen MR) is 427 cm³/mol. The van der Waals surface area contributed by atoms with Gasteiger partial charge in [-0.2, -0.15) is 15.3 Å². The summed E-state index contributed by atoms with van der Waals surface area (Å²) in [5.74, 6) is 7.65. The molecule has 6 aromatic carbocycles. The minimum absolute atomic E-state index is 0. The molecule has 0 saturated carbocycles. The predicted octanol–water partition coefficient (Wildman–Crippen LogP) is 14.0. The zero-order valence-electron chi connectivity index (χ0n) is 59.1. The molecule has 3 aliphatic heterocycles. The van der Waals surface area contributed by atoms with Crippen LogP contribution in [0.15, 0.2) is 207 Å². The standard InChI is InChI=1S/C28H31N7O2.C27H28N6O3.C25H22N6O2.3CH4/c1-33(2)16-6-9-24(36)34-17-14-21(15-18-34)35-28-25(27(29)30-19-31-28)26(32-35)20-10-12-23(13-11-20)37-22-7-4-3-5-8-22;1-35-17-5-8-23(34)32-15-13-20(14-16-32)33-27-24(26(28)29-18-30-27)25(31-33)19-9-11-22(12-10-19)36-21-6-3-2-4-7-21;1-2-21(32)30-14-12-18(13-15-30)31-25-22(24(26)27-16-28-25)23(29-31)17-8-10-20(11-9-17)33-19-6-4-3-5-7-19;;;/h3-13,19,21H,14-18H2,1-2H3,(H2,29,30,31);2-12,18,20H,13-17H2,1H3,(H2,28,29,30);1,3-11,16,18H,12-15H2,(H2,26,27,28);3*1H4/b9-6+;8-5+;;;;. The number of methoxy groups -OCH3 is 1. The second kappa shape index (κ2) is 36.9. The van der Waals surface area contributed by atoms with Gasteiger partial charge in [0, 0.05) is 81.8 Å². The smallest absolute Gasteiger partial charge is 0.298 e. The summed E-state index contributed by atoms with van der Waals surface area (Å²) in [6.07, 6.45) is 21.1. The van der Waals surface area contributed by atoms with Gasteiger partial charge in [0.15, 0.2) is 16.9 Å². The van der Waals surface area contributed by atoms with E-state index in [0.717, 1.165) is 129 Å². The average Bonchev–Trinajstić information content (AvgIpc) is 1.63. The lowest BCUT2D eigenvalue weighted by Crippen LogP contribution is -2.38. The third-order valence-electron chi connectivity index (χ3n) is 18.6. The fraction of sp³-hybridized carbons (Fsp3) is 0.277. The van der Waals surface area contributed by atoms with Crippen LogP contribution in [0.3, 0.4) is 0 Å². The number of anilines is 3. The highest BCUT2D eigenvalue weighted by atomic mass is 16.5. The summed E-state index contributed by atoms with van der Waals surface area (Å²) in [6.45, 7) is 4.94. The van der Waals surface area contributed by atoms with E-state index in [0.29, 0.717) is 80.3 Å². The average molecular weight is 1470 g/mol. The van der Waals surface area contributed by atoms with Crippen molar-refractivity contribution in [3.63, 3.8) is 0 Å². The molecule has 15 rings (SSSR count). The van der Waals surface area contributed by atoms with Gasteiger partial charge in [0.05, 0.1) is 40.9 Å². The molecule has 3 fully saturated rings. The number of fused-ring (bicyclic) bond motifs is 3. The Morgan fingerprint density at radius 2 is 0.734 bits per heavy atom. The number of para-hydroxylation sites is 3. The number of aromatic nitrogens is 12. The zero-order chi connectivity index (χ0) is 73.5. The first-order chi connectivity index (χ1) is 51.8. The number of carbonyl (C=O) groups excluding carboxylic acids is 3. The van der Waals surface area contributed by atoms with E-state index in [4.69, 9.17) is 57.9 Å². The van der Waals surface area contributed by atoms with Crippen LogP contribution < -0.4 is 31.4 Å². The van der Waals surface area contributed by atoms with E-state index >= 15 is 0 Å². The molecule has 9 heterocycles. The largest absolute Gasteiger partial charge is 0.457 e. The molecule has 26 nitrogen and oxygen atoms in total. The van der Waals surface area contributed by atoms with Crippen molar-refractivity contribution in [2.75, 3.05) is 90.8 Å². The van der Waals surface area contributed by atoms with Crippen molar-refractivity contribution < 1.29 is 33.3 Å². The van der Waals surface area contributed by atoms with E-state index in [1.165, 1.54) is 19.0 Å². The van der Waals surface area contributed by atoms with Crippen molar-refractivity contribution >= 4 is 68.3 Å². The van der Waals surface area contributed by atoms with Crippen LogP contribution in [0.25, 0.3) is 66.9 Å². The van der Waals surface area contributed by atoms with Crippen molar-refractivity contribution in [1.82, 2.24) is 78.8 Å². The van der Waals surface area contributed by atoms with E-state index in [-0.39, 0.29) is 58.1 Å². The summed E-state index contributed by atoms with van der Waals surface area (Å²) in [6, 6.07) is 52.4. The number of rotatable bonds is 18. The molecule has 6 aromatic heterocycles. The van der Waals surface area contributed by atoms with Crippen molar-refractivity contribution in [2.24, 2.45) is 0 Å². The second-order valence-electron chi connectivity index (χ2n) is 25.9. The molecule has 3 amide bonds. The Hall–Kier alpha value is -12.9. The normalized spacial score (nSPS) is 14.1. The van der Waals surface area contributed by atoms with Crippen molar-refractivity contribution in [1.29, 1.82) is 0 Å². The number of terminal acetylenes is 1. The maximum absolute atomic E-state index is 12.6. The lowest BCUT2D eigenvalue weighted by Gasteiger charge is -2.31. The molecule has 0 bridgehead atoms. The molecule has 0 unspecified atom stereocenters. The Balaban J connectivity index is 0.000000172. The first-order valence-electron chi connectivity index (χ1n) is 35.0. The molecule has 0 atom stereocenters. The van der Waals surface area contributed by atoms with Gasteiger partial charge in [0.1, 0.15) is 88.0 Å². The van der Waals surface area contributed by atoms with E-state index < -0.39 is 0 Å². The Kier molecular flexibility index (Phi) is 26.7. The number of benzene rings is 6. The Labute approximate surface area is 634 Å². The minimum Gasteiger partial charge on any atom is -0.457 e. The summed E-state index contributed by atoms with van der Waals surface area (Å²) in [5.41, 5.74) is 25.8. The van der Waals surface area contributed by atoms with Crippen LogP contribution in [0.4, 0.5) is 17.5 Å². The van der Waals surface area contributed by atoms with E-state index in [1.54, 1.807) is 30.2 Å². The monoisotopic (exact) mass is 1470 g/mol. The van der Waals surface area contributed by atoms with Crippen LogP contribution in [0.5, 0.6) is 34.5 Å². The van der Waals surface area contributed by atoms with Gasteiger partial charge in [-0.1, -0.05) is 89.0 Å². The highest BCUT2D eigenvalue weighted by Gasteiger charge is 2.31. The topological polar surface area (TPSA) is 310 Å². The van der Waals surface area contributed by atoms with Crippen LogP contribution in [0.2, 0.25) is 0 Å². The third-order valence-corrected chi connectivity index (χ3v) is 18.6. The maximum Gasteiger partial charge on any atom is 0.298 e. The number of amides is 3. The molecule has 0 aliphatic carbocycles. The first-order valence-corrected chi connectivity index (χ1v) is 35.0. The number of likely N-dealkylation sites (tertiary alicyclic amines) is 3. The van der Waals surface area contributed by atoms with Gasteiger partial charge in [-0.3, -0.25) is 14.4 Å². The summed E-state index contributed by atoms with van der Waals surface area (Å²) >= 11 is 0. The fourth-order valence-electron chi connectivity index (χ4n) is 13.2. The number of nitrogen functional groups attached to an aromatic ring is 3. The zero-order valence-corrected chi connectivity index (χ0v) is 59.1. The summed E-state index contributed by atoms with van der Waals surface area (Å²) < 4.78 is 28.5. The number of ether oxygens (including phenoxy) is 4. The number of piperidine rings is 3. The number of nitrogens with zero attached hydrogens (tertiary/aromatic N) is 16. The second-order valence-corrected chi connectivity index (χ2v) is 25.9. The van der Waals surface area contributed by atoms with Gasteiger partial charge in [0.2, 0.25) is 11.8 Å². The molecule has 0 spiro atoms. The van der Waals surface area contributed by atoms with Gasteiger partial charge in [-0.15, -0.1) is 6.42 Å². The number of nitrogens with two attached hydrogens (primary N) is 3. The van der Waals surface area contributed by atoms with Crippen LogP contribution >= 0.6 is 0 Å². The van der Waals surface area contributed by atoms with E-state index in [1.807, 2.05) is 213 Å². The fourth-order valence-corrected chi connectivity index (χ4v) is 13.2. The molecule has 6 N–H and O–H groups in total. The van der Waals surface area contributed by atoms with Crippen molar-refractivity contribution in [2.45, 2.75) is 78.9 Å². The summed E-state index contributed by atoms with van der Waals surface area (Å²) in [5, 5.41) is 17.0. The highest BCUT2D eigenvalue weighted by Crippen LogP contribution is 2.40. The molecule has 109 heavy (non-hydrogen) atoms. The Bertz CT molecular complexity index is 5100. The van der Waals surface area contributed by atoms with Gasteiger partial charge in [-0.25, -0.2) is 43.9 Å². The molecule has 12 aromatic rings. The van der Waals surface area contributed by atoms with Crippen LogP contribution in [-0.2, 0) is 19.1 Å². The lowest BCUT2D eigenvalue weighted by atomic mass is 10.1. The molecular weight excluding hydrogens is 1380 g/mol. The van der Waals surface area contributed by atoms with Gasteiger partial charge < -0.3 is 55.7 Å². The minimum atomic E-state index is -0.274. The lowest BCUT2D eigenvalue weighted by molar-refractivity contribution is -0.128. The SMILES string of the molecule is C.C.C.C#CC(=O)N1CCC(n2nc(-c3ccc(Oc4ccccc4)cc3)c3c(N)ncnc32)CC1.CN(C)C/C=C/C(=O)N1CCC(n2nc(-c3ccc(Oc4ccccc4)cc3)c3c(N)ncnc32)CC1.COC/C=C/C(=O)N1CCC(n2nc(-c3ccc(Oc4ccccc4)cc3)c3c(N)ncnc32)CC1. The first kappa shape index (κ1) is 78.7. The number of hydrogen-bond acceptors (Lipinski definition) is 20. The summed E-state index contributed by atoms with van der Waals surface area (Å²) in [4.78, 5) is 70.4. The molecule has 3 saturated heterocycles. The molecule has 26 heteroatoms. The molecule has 3 aliphatic rings. The Morgan fingerprint density at radius 3 is 1.03 bits per heavy atom. The van der Waals surface area contributed by atoms with E-state index in [2.05, 4.69) is 35.8 Å². The number of carbonyl (C=O) groups is 3. The van der Waals surface area contributed by atoms with E-state index in [9.17, 15) is 14.4 Å². The molecule has 0 radical (unpaired) electrons. The quantitative estimate of drug-likeness (QED) is 0.0531. The molecular formula is C83H93N19O7. The van der Waals surface area contributed by atoms with Gasteiger partial charge in [0.25, 0.3) is 5.91 Å². The van der Waals surface area contributed by atoms with Crippen molar-refractivity contribution in [3.05, 3.63) is 207 Å². The van der Waals surface area contributed by atoms with Crippen LogP contribution in [0.1, 0.15) is 78.9 Å². The number of hydrogen-bond donors (Lipinski definition) is 3. The summed E-state index contributed by atoms with van der Waals surface area (Å²) in [7, 11) is 5.56. The van der Waals surface area contributed by atoms with Crippen LogP contribution in [0, 0.1) is 12.3 Å². The van der Waals surface area contributed by atoms with Gasteiger partial charge in [-0.05, 0) is 168 Å². The Morgan fingerprint density at radius 1 is 0.440 bits per heavy atom. The third kappa shape index (κ3) is 18.7. The molecule has 562 valence electrons.